The summed E-state index contributed by atoms with van der Waals surface area (Å²) in [5.74, 6) is -0.338. The van der Waals surface area contributed by atoms with E-state index in [1.54, 1.807) is 30.3 Å². The van der Waals surface area contributed by atoms with E-state index in [-0.39, 0.29) is 17.2 Å². The summed E-state index contributed by atoms with van der Waals surface area (Å²) in [5.41, 5.74) is 2.35. The first-order valence-corrected chi connectivity index (χ1v) is 11.0. The molecule has 6 heteroatoms. The van der Waals surface area contributed by atoms with Crippen LogP contribution >= 0.6 is 0 Å². The number of hydrogen-bond donors (Lipinski definition) is 1. The van der Waals surface area contributed by atoms with Gasteiger partial charge in [-0.05, 0) is 49.6 Å². The molecule has 5 rings (SSSR count). The van der Waals surface area contributed by atoms with E-state index in [1.165, 1.54) is 11.1 Å². The van der Waals surface area contributed by atoms with Gasteiger partial charge in [-0.1, -0.05) is 48.5 Å². The summed E-state index contributed by atoms with van der Waals surface area (Å²) in [6.45, 7) is 1.96. The largest absolute Gasteiger partial charge is 0.370 e. The van der Waals surface area contributed by atoms with Crippen LogP contribution in [0.3, 0.4) is 0 Å². The monoisotopic (exact) mass is 424 g/mol. The number of piperidine rings is 1. The summed E-state index contributed by atoms with van der Waals surface area (Å²) in [6, 6.07) is 24.1. The quantitative estimate of drug-likeness (QED) is 0.519. The second-order valence-electron chi connectivity index (χ2n) is 7.97. The van der Waals surface area contributed by atoms with Gasteiger partial charge in [-0.15, -0.1) is 0 Å². The Labute approximate surface area is 186 Å². The third kappa shape index (κ3) is 3.75. The number of rotatable bonds is 4. The van der Waals surface area contributed by atoms with Crippen molar-refractivity contribution < 1.29 is 4.79 Å². The van der Waals surface area contributed by atoms with Crippen molar-refractivity contribution in [2.24, 2.45) is 0 Å². The Hall–Kier alpha value is -3.93. The van der Waals surface area contributed by atoms with Crippen LogP contribution in [0.15, 0.2) is 83.7 Å². The number of anilines is 2. The normalized spacial score (nSPS) is 13.8. The Morgan fingerprint density at radius 2 is 1.44 bits per heavy atom. The first-order chi connectivity index (χ1) is 15.7. The number of amides is 1. The maximum Gasteiger partial charge on any atom is 0.279 e. The van der Waals surface area contributed by atoms with Crippen LogP contribution in [-0.2, 0) is 0 Å². The molecule has 1 N–H and O–H groups in total. The van der Waals surface area contributed by atoms with Gasteiger partial charge in [-0.2, -0.15) is 9.78 Å². The number of aromatic nitrogens is 2. The van der Waals surface area contributed by atoms with Crippen LogP contribution < -0.4 is 15.8 Å². The number of carbonyl (C=O) groups excluding carboxylic acids is 1. The fourth-order valence-electron chi connectivity index (χ4n) is 4.27. The van der Waals surface area contributed by atoms with Gasteiger partial charge in [0.1, 0.15) is 0 Å². The highest BCUT2D eigenvalue weighted by molar-refractivity contribution is 6.12. The average Bonchev–Trinajstić information content (AvgIpc) is 2.86. The van der Waals surface area contributed by atoms with Gasteiger partial charge in [0.25, 0.3) is 11.5 Å². The molecule has 0 unspecified atom stereocenters. The molecule has 1 aliphatic rings. The summed E-state index contributed by atoms with van der Waals surface area (Å²) >= 11 is 0. The van der Waals surface area contributed by atoms with Crippen LogP contribution in [-0.4, -0.2) is 28.8 Å². The van der Waals surface area contributed by atoms with Crippen molar-refractivity contribution in [3.63, 3.8) is 0 Å². The fourth-order valence-corrected chi connectivity index (χ4v) is 4.27. The number of nitrogens with one attached hydrogen (secondary N) is 1. The molecule has 0 saturated carbocycles. The van der Waals surface area contributed by atoms with Crippen molar-refractivity contribution in [1.29, 1.82) is 0 Å². The van der Waals surface area contributed by atoms with Crippen molar-refractivity contribution in [3.05, 3.63) is 94.9 Å². The number of para-hydroxylation sites is 3. The van der Waals surface area contributed by atoms with Crippen molar-refractivity contribution >= 4 is 28.1 Å². The fraction of sp³-hybridized carbons (Fsp3) is 0.192. The Kier molecular flexibility index (Phi) is 5.42. The molecule has 0 spiro atoms. The molecule has 0 atom stereocenters. The van der Waals surface area contributed by atoms with Gasteiger partial charge in [-0.25, -0.2) is 0 Å². The zero-order valence-corrected chi connectivity index (χ0v) is 17.7. The molecule has 6 nitrogen and oxygen atoms in total. The van der Waals surface area contributed by atoms with E-state index in [0.29, 0.717) is 16.5 Å². The van der Waals surface area contributed by atoms with Crippen LogP contribution in [0, 0.1) is 0 Å². The Balaban J connectivity index is 1.58. The number of benzene rings is 3. The van der Waals surface area contributed by atoms with E-state index in [0.717, 1.165) is 37.3 Å². The lowest BCUT2D eigenvalue weighted by atomic mass is 10.1. The lowest BCUT2D eigenvalue weighted by Crippen LogP contribution is -2.31. The number of carbonyl (C=O) groups is 1. The molecule has 32 heavy (non-hydrogen) atoms. The molecule has 1 amide bonds. The number of nitrogens with zero attached hydrogens (tertiary/aromatic N) is 3. The summed E-state index contributed by atoms with van der Waals surface area (Å²) in [5, 5.41) is 8.54. The minimum atomic E-state index is -0.338. The average molecular weight is 425 g/mol. The third-order valence-electron chi connectivity index (χ3n) is 5.87. The first kappa shape index (κ1) is 20.0. The highest BCUT2D eigenvalue weighted by atomic mass is 16.2. The maximum atomic E-state index is 13.5. The Morgan fingerprint density at radius 1 is 0.781 bits per heavy atom. The summed E-state index contributed by atoms with van der Waals surface area (Å²) < 4.78 is 1.30. The predicted octanol–water partition coefficient (Wildman–Crippen LogP) is 4.63. The van der Waals surface area contributed by atoms with Gasteiger partial charge in [-0.3, -0.25) is 9.59 Å². The predicted molar refractivity (Wildman–Crippen MR) is 128 cm³/mol. The van der Waals surface area contributed by atoms with E-state index >= 15 is 0 Å². The van der Waals surface area contributed by atoms with Gasteiger partial charge < -0.3 is 10.2 Å². The molecule has 0 bridgehead atoms. The van der Waals surface area contributed by atoms with Crippen molar-refractivity contribution in [3.8, 4) is 5.69 Å². The minimum absolute atomic E-state index is 0.220. The van der Waals surface area contributed by atoms with Crippen LogP contribution in [0.25, 0.3) is 16.5 Å². The lowest BCUT2D eigenvalue weighted by molar-refractivity contribution is 0.102. The van der Waals surface area contributed by atoms with E-state index in [4.69, 9.17) is 0 Å². The van der Waals surface area contributed by atoms with Crippen LogP contribution in [0.1, 0.15) is 29.8 Å². The van der Waals surface area contributed by atoms with Crippen molar-refractivity contribution in [2.75, 3.05) is 23.3 Å². The molecule has 160 valence electrons. The summed E-state index contributed by atoms with van der Waals surface area (Å²) in [4.78, 5) is 28.9. The number of hydrogen-bond acceptors (Lipinski definition) is 4. The molecule has 0 radical (unpaired) electrons. The summed E-state index contributed by atoms with van der Waals surface area (Å²) in [6.07, 6.45) is 3.54. The van der Waals surface area contributed by atoms with Crippen LogP contribution in [0.4, 0.5) is 11.4 Å². The second-order valence-corrected chi connectivity index (χ2v) is 7.97. The standard InChI is InChI=1S/C26H24N4O2/c31-25(27-22-15-7-8-16-23(22)29-17-9-2-10-18-29)24-20-13-5-6-14-21(20)26(32)30(28-24)19-11-3-1-4-12-19/h1,3-8,11-16H,2,9-10,17-18H2,(H,27,31). The molecule has 1 fully saturated rings. The van der Waals surface area contributed by atoms with E-state index in [2.05, 4.69) is 15.3 Å². The minimum Gasteiger partial charge on any atom is -0.370 e. The van der Waals surface area contributed by atoms with Crippen LogP contribution in [0.2, 0.25) is 0 Å². The first-order valence-electron chi connectivity index (χ1n) is 11.0. The molecule has 4 aromatic rings. The van der Waals surface area contributed by atoms with Gasteiger partial charge >= 0.3 is 0 Å². The van der Waals surface area contributed by atoms with E-state index in [9.17, 15) is 9.59 Å². The zero-order valence-electron chi connectivity index (χ0n) is 17.7. The van der Waals surface area contributed by atoms with Crippen LogP contribution in [0.5, 0.6) is 0 Å². The highest BCUT2D eigenvalue weighted by Crippen LogP contribution is 2.29. The smallest absolute Gasteiger partial charge is 0.279 e. The topological polar surface area (TPSA) is 67.2 Å². The molecule has 3 aromatic carbocycles. The molecular weight excluding hydrogens is 400 g/mol. The maximum absolute atomic E-state index is 13.5. The number of fused-ring (bicyclic) bond motifs is 1. The molecular formula is C26H24N4O2. The van der Waals surface area contributed by atoms with Crippen molar-refractivity contribution in [1.82, 2.24) is 9.78 Å². The summed E-state index contributed by atoms with van der Waals surface area (Å²) in [7, 11) is 0. The third-order valence-corrected chi connectivity index (χ3v) is 5.87. The molecule has 1 aromatic heterocycles. The zero-order chi connectivity index (χ0) is 21.9. The molecule has 1 aliphatic heterocycles. The second kappa shape index (κ2) is 8.67. The Morgan fingerprint density at radius 3 is 2.22 bits per heavy atom. The Bertz CT molecular complexity index is 1320. The van der Waals surface area contributed by atoms with E-state index < -0.39 is 0 Å². The van der Waals surface area contributed by atoms with Gasteiger partial charge in [0.15, 0.2) is 5.69 Å². The van der Waals surface area contributed by atoms with E-state index in [1.807, 2.05) is 48.5 Å². The van der Waals surface area contributed by atoms with Gasteiger partial charge in [0.2, 0.25) is 0 Å². The van der Waals surface area contributed by atoms with Gasteiger partial charge in [0.05, 0.1) is 22.4 Å². The molecule has 2 heterocycles. The highest BCUT2D eigenvalue weighted by Gasteiger charge is 2.20. The van der Waals surface area contributed by atoms with Gasteiger partial charge in [0, 0.05) is 18.5 Å². The molecule has 0 aliphatic carbocycles. The SMILES string of the molecule is O=C(Nc1ccccc1N1CCCCC1)c1nn(-c2ccccc2)c(=O)c2ccccc12. The van der Waals surface area contributed by atoms with Crippen molar-refractivity contribution in [2.45, 2.75) is 19.3 Å². The molecule has 1 saturated heterocycles. The lowest BCUT2D eigenvalue weighted by Gasteiger charge is -2.30.